The van der Waals surface area contributed by atoms with Crippen molar-refractivity contribution in [2.45, 2.75) is 24.9 Å². The van der Waals surface area contributed by atoms with Crippen molar-refractivity contribution in [3.63, 3.8) is 0 Å². The van der Waals surface area contributed by atoms with Gasteiger partial charge in [0.25, 0.3) is 0 Å². The summed E-state index contributed by atoms with van der Waals surface area (Å²) in [5, 5.41) is 20.9. The Bertz CT molecular complexity index is 715. The fourth-order valence-electron chi connectivity index (χ4n) is 2.88. The highest BCUT2D eigenvalue weighted by Gasteiger charge is 2.38. The fraction of sp³-hybridized carbons (Fsp3) is 0.353. The molecule has 1 aliphatic heterocycles. The van der Waals surface area contributed by atoms with Gasteiger partial charge in [0.2, 0.25) is 5.91 Å². The summed E-state index contributed by atoms with van der Waals surface area (Å²) in [6, 6.07) is 6.06. The number of nitrogens with one attached hydrogen (secondary N) is 1. The number of H-pyrrole nitrogens is 1. The third-order valence-corrected chi connectivity index (χ3v) is 4.19. The number of halogens is 1. The second-order valence-electron chi connectivity index (χ2n) is 5.96. The Morgan fingerprint density at radius 1 is 1.42 bits per heavy atom. The van der Waals surface area contributed by atoms with Gasteiger partial charge in [0.05, 0.1) is 12.7 Å². The number of benzene rings is 1. The molecule has 0 saturated carbocycles. The van der Waals surface area contributed by atoms with E-state index in [-0.39, 0.29) is 24.7 Å². The second-order valence-corrected chi connectivity index (χ2v) is 5.96. The van der Waals surface area contributed by atoms with Gasteiger partial charge in [-0.05, 0) is 30.5 Å². The van der Waals surface area contributed by atoms with E-state index >= 15 is 0 Å². The first-order valence-corrected chi connectivity index (χ1v) is 7.85. The van der Waals surface area contributed by atoms with Crippen molar-refractivity contribution in [3.05, 3.63) is 53.6 Å². The Morgan fingerprint density at radius 2 is 2.21 bits per heavy atom. The number of aromatic amines is 1. The van der Waals surface area contributed by atoms with Crippen molar-refractivity contribution in [1.82, 2.24) is 20.3 Å². The van der Waals surface area contributed by atoms with Crippen LogP contribution in [0.25, 0.3) is 6.08 Å². The van der Waals surface area contributed by atoms with Gasteiger partial charge in [-0.3, -0.25) is 4.79 Å². The summed E-state index contributed by atoms with van der Waals surface area (Å²) in [7, 11) is 0. The summed E-state index contributed by atoms with van der Waals surface area (Å²) in [5.74, 6) is -0.348. The van der Waals surface area contributed by atoms with E-state index in [0.717, 1.165) is 5.56 Å². The number of likely N-dealkylation sites (tertiary alicyclic amines) is 1. The molecule has 2 heterocycles. The van der Waals surface area contributed by atoms with Crippen LogP contribution >= 0.6 is 0 Å². The number of aliphatic hydroxyl groups is 1. The molecule has 1 aromatic heterocycles. The third-order valence-electron chi connectivity index (χ3n) is 4.19. The number of carbonyl (C=O) groups excluding carboxylic acids is 1. The molecule has 1 amide bonds. The molecule has 1 aromatic carbocycles. The lowest BCUT2D eigenvalue weighted by atomic mass is 9.90. The van der Waals surface area contributed by atoms with Gasteiger partial charge in [0.15, 0.2) is 0 Å². The largest absolute Gasteiger partial charge is 0.382 e. The first kappa shape index (κ1) is 16.3. The van der Waals surface area contributed by atoms with E-state index in [4.69, 9.17) is 0 Å². The lowest BCUT2D eigenvalue weighted by molar-refractivity contribution is -0.138. The number of piperidine rings is 1. The van der Waals surface area contributed by atoms with E-state index < -0.39 is 5.60 Å². The predicted molar refractivity (Wildman–Crippen MR) is 86.1 cm³/mol. The Hall–Kier alpha value is -2.54. The van der Waals surface area contributed by atoms with Crippen molar-refractivity contribution in [1.29, 1.82) is 0 Å². The lowest BCUT2D eigenvalue weighted by Gasteiger charge is -2.37. The summed E-state index contributed by atoms with van der Waals surface area (Å²) < 4.78 is 12.8. The van der Waals surface area contributed by atoms with E-state index in [9.17, 15) is 14.3 Å². The average Bonchev–Trinajstić information content (AvgIpc) is 3.12. The van der Waals surface area contributed by atoms with Gasteiger partial charge in [-0.1, -0.05) is 24.3 Å². The molecule has 1 atom stereocenters. The van der Waals surface area contributed by atoms with Crippen LogP contribution in [-0.4, -0.2) is 44.4 Å². The highest BCUT2D eigenvalue weighted by atomic mass is 19.1. The summed E-state index contributed by atoms with van der Waals surface area (Å²) in [4.78, 5) is 14.0. The fourth-order valence-corrected chi connectivity index (χ4v) is 2.88. The molecular weight excluding hydrogens is 311 g/mol. The molecule has 2 N–H and O–H groups in total. The molecule has 0 aliphatic carbocycles. The first-order chi connectivity index (χ1) is 11.6. The van der Waals surface area contributed by atoms with Crippen LogP contribution in [-0.2, 0) is 10.4 Å². The summed E-state index contributed by atoms with van der Waals surface area (Å²) >= 11 is 0. The van der Waals surface area contributed by atoms with Crippen molar-refractivity contribution < 1.29 is 14.3 Å². The molecule has 1 fully saturated rings. The van der Waals surface area contributed by atoms with Crippen LogP contribution in [0.5, 0.6) is 0 Å². The molecule has 2 aromatic rings. The maximum Gasteiger partial charge on any atom is 0.226 e. The van der Waals surface area contributed by atoms with Crippen LogP contribution in [0.2, 0.25) is 0 Å². The Morgan fingerprint density at radius 3 is 2.92 bits per heavy atom. The van der Waals surface area contributed by atoms with Crippen LogP contribution in [0.15, 0.2) is 36.5 Å². The number of amides is 1. The molecule has 0 radical (unpaired) electrons. The number of β-amino-alcohol motifs (C(OH)–C–C–N with tert-alkyl or cyclic N) is 1. The van der Waals surface area contributed by atoms with E-state index in [1.165, 1.54) is 18.3 Å². The van der Waals surface area contributed by atoms with Crippen molar-refractivity contribution in [3.8, 4) is 0 Å². The van der Waals surface area contributed by atoms with Crippen LogP contribution in [0, 0.1) is 5.82 Å². The molecule has 6 nitrogen and oxygen atoms in total. The number of nitrogens with zero attached hydrogens (tertiary/aromatic N) is 3. The van der Waals surface area contributed by atoms with Crippen molar-refractivity contribution >= 4 is 12.0 Å². The second kappa shape index (κ2) is 6.92. The molecule has 24 heavy (non-hydrogen) atoms. The minimum absolute atomic E-state index is 0.0602. The quantitative estimate of drug-likeness (QED) is 0.896. The normalized spacial score (nSPS) is 21.3. The highest BCUT2D eigenvalue weighted by Crippen LogP contribution is 2.29. The maximum atomic E-state index is 12.8. The zero-order valence-corrected chi connectivity index (χ0v) is 13.2. The van der Waals surface area contributed by atoms with Crippen LogP contribution in [0.3, 0.4) is 0 Å². The van der Waals surface area contributed by atoms with Crippen LogP contribution in [0.1, 0.15) is 30.5 Å². The highest BCUT2D eigenvalue weighted by molar-refractivity contribution is 5.79. The Kier molecular flexibility index (Phi) is 4.71. The number of aromatic nitrogens is 3. The van der Waals surface area contributed by atoms with Crippen LogP contribution < -0.4 is 0 Å². The minimum Gasteiger partial charge on any atom is -0.382 e. The molecule has 7 heteroatoms. The molecule has 0 bridgehead atoms. The standard InChI is InChI=1S/C17H19FN4O2/c18-14-7-5-13(6-8-14)3-1-4-16(23)22-10-2-9-17(24,12-22)15-11-19-21-20-15/h1,3,5-8,11,24H,2,4,9-10,12H2,(H,19,20,21)/b3-1+. The van der Waals surface area contributed by atoms with Gasteiger partial charge in [0, 0.05) is 13.0 Å². The molecule has 0 spiro atoms. The molecule has 1 saturated heterocycles. The van der Waals surface area contributed by atoms with Gasteiger partial charge in [-0.25, -0.2) is 4.39 Å². The van der Waals surface area contributed by atoms with Crippen molar-refractivity contribution in [2.75, 3.05) is 13.1 Å². The minimum atomic E-state index is -1.15. The number of rotatable bonds is 4. The zero-order chi connectivity index (χ0) is 17.0. The van der Waals surface area contributed by atoms with E-state index in [0.29, 0.717) is 25.1 Å². The number of hydrogen-bond acceptors (Lipinski definition) is 4. The average molecular weight is 330 g/mol. The third kappa shape index (κ3) is 3.68. The molecule has 3 rings (SSSR count). The number of hydrogen-bond donors (Lipinski definition) is 2. The van der Waals surface area contributed by atoms with Gasteiger partial charge in [0.1, 0.15) is 17.1 Å². The van der Waals surface area contributed by atoms with Crippen LogP contribution in [0.4, 0.5) is 4.39 Å². The molecule has 1 unspecified atom stereocenters. The Balaban J connectivity index is 1.59. The van der Waals surface area contributed by atoms with Gasteiger partial charge in [-0.2, -0.15) is 15.4 Å². The lowest BCUT2D eigenvalue weighted by Crippen LogP contribution is -2.48. The van der Waals surface area contributed by atoms with Crippen molar-refractivity contribution in [2.24, 2.45) is 0 Å². The SMILES string of the molecule is O=C(C/C=C/c1ccc(F)cc1)N1CCCC(O)(c2cn[nH]n2)C1. The maximum absolute atomic E-state index is 12.8. The molecule has 126 valence electrons. The predicted octanol–water partition coefficient (Wildman–Crippen LogP) is 1.86. The van der Waals surface area contributed by atoms with E-state index in [2.05, 4.69) is 15.4 Å². The Labute approximate surface area is 139 Å². The van der Waals surface area contributed by atoms with Gasteiger partial charge < -0.3 is 10.0 Å². The summed E-state index contributed by atoms with van der Waals surface area (Å²) in [5.41, 5.74) is 0.144. The topological polar surface area (TPSA) is 82.1 Å². The molecule has 1 aliphatic rings. The monoisotopic (exact) mass is 330 g/mol. The van der Waals surface area contributed by atoms with E-state index in [1.807, 2.05) is 0 Å². The first-order valence-electron chi connectivity index (χ1n) is 7.85. The smallest absolute Gasteiger partial charge is 0.226 e. The molecular formula is C17H19FN4O2. The summed E-state index contributed by atoms with van der Waals surface area (Å²) in [6.07, 6.45) is 6.50. The van der Waals surface area contributed by atoms with Gasteiger partial charge in [-0.15, -0.1) is 0 Å². The van der Waals surface area contributed by atoms with Gasteiger partial charge >= 0.3 is 0 Å². The zero-order valence-electron chi connectivity index (χ0n) is 13.2. The van der Waals surface area contributed by atoms with E-state index in [1.54, 1.807) is 29.2 Å². The number of carbonyl (C=O) groups is 1. The summed E-state index contributed by atoms with van der Waals surface area (Å²) in [6.45, 7) is 0.826.